The van der Waals surface area contributed by atoms with Gasteiger partial charge in [0.1, 0.15) is 0 Å². The van der Waals surface area contributed by atoms with Crippen molar-refractivity contribution >= 4 is 23.2 Å². The summed E-state index contributed by atoms with van der Waals surface area (Å²) >= 11 is 11.4. The van der Waals surface area contributed by atoms with Crippen molar-refractivity contribution in [2.24, 2.45) is 0 Å². The Morgan fingerprint density at radius 3 is 2.79 bits per heavy atom. The van der Waals surface area contributed by atoms with Gasteiger partial charge in [0, 0.05) is 6.07 Å². The molecule has 0 saturated heterocycles. The lowest BCUT2D eigenvalue weighted by atomic mass is 10.3. The standard InChI is InChI=1S/C9H12Cl2N2O/c1-2-3-4-5-14-7-6-8(10)12-13-9(7)11/h6H,2-5H2,1H3. The molecule has 0 aliphatic heterocycles. The molecule has 0 bridgehead atoms. The number of ether oxygens (including phenoxy) is 1. The smallest absolute Gasteiger partial charge is 0.193 e. The highest BCUT2D eigenvalue weighted by Gasteiger charge is 2.04. The maximum Gasteiger partial charge on any atom is 0.193 e. The molecule has 1 aromatic heterocycles. The van der Waals surface area contributed by atoms with Crippen molar-refractivity contribution < 1.29 is 4.74 Å². The summed E-state index contributed by atoms with van der Waals surface area (Å²) in [6.45, 7) is 2.77. The highest BCUT2D eigenvalue weighted by Crippen LogP contribution is 2.23. The van der Waals surface area contributed by atoms with Gasteiger partial charge >= 0.3 is 0 Å². The van der Waals surface area contributed by atoms with Gasteiger partial charge in [0.05, 0.1) is 6.61 Å². The second-order valence-electron chi connectivity index (χ2n) is 2.88. The zero-order chi connectivity index (χ0) is 10.4. The molecule has 0 radical (unpaired) electrons. The van der Waals surface area contributed by atoms with Crippen molar-refractivity contribution in [1.82, 2.24) is 10.2 Å². The van der Waals surface area contributed by atoms with Gasteiger partial charge in [-0.2, -0.15) is 0 Å². The third-order valence-corrected chi connectivity index (χ3v) is 2.14. The molecule has 5 heteroatoms. The molecule has 78 valence electrons. The first-order valence-electron chi connectivity index (χ1n) is 4.55. The number of aromatic nitrogens is 2. The van der Waals surface area contributed by atoms with Crippen LogP contribution in [-0.2, 0) is 0 Å². The maximum absolute atomic E-state index is 5.75. The molecule has 0 aliphatic rings. The molecule has 14 heavy (non-hydrogen) atoms. The number of hydrogen-bond donors (Lipinski definition) is 0. The van der Waals surface area contributed by atoms with Gasteiger partial charge in [0.25, 0.3) is 0 Å². The molecule has 0 fully saturated rings. The van der Waals surface area contributed by atoms with E-state index in [2.05, 4.69) is 17.1 Å². The van der Waals surface area contributed by atoms with Crippen molar-refractivity contribution in [1.29, 1.82) is 0 Å². The molecule has 0 amide bonds. The fraction of sp³-hybridized carbons (Fsp3) is 0.556. The van der Waals surface area contributed by atoms with Crippen LogP contribution in [0.1, 0.15) is 26.2 Å². The van der Waals surface area contributed by atoms with Crippen molar-refractivity contribution in [3.63, 3.8) is 0 Å². The Morgan fingerprint density at radius 2 is 2.07 bits per heavy atom. The first kappa shape index (κ1) is 11.5. The number of halogens is 2. The molecule has 0 aliphatic carbocycles. The summed E-state index contributed by atoms with van der Waals surface area (Å²) in [6, 6.07) is 1.57. The summed E-state index contributed by atoms with van der Waals surface area (Å²) in [5.74, 6) is 0.503. The van der Waals surface area contributed by atoms with E-state index in [1.54, 1.807) is 6.07 Å². The number of rotatable bonds is 5. The number of unbranched alkanes of at least 4 members (excludes halogenated alkanes) is 2. The van der Waals surface area contributed by atoms with Crippen LogP contribution in [0.15, 0.2) is 6.07 Å². The van der Waals surface area contributed by atoms with Crippen LogP contribution in [0, 0.1) is 0 Å². The Kier molecular flexibility index (Phi) is 4.98. The lowest BCUT2D eigenvalue weighted by molar-refractivity contribution is 0.304. The van der Waals surface area contributed by atoms with E-state index in [1.165, 1.54) is 0 Å². The first-order chi connectivity index (χ1) is 6.74. The molecule has 0 spiro atoms. The van der Waals surface area contributed by atoms with Gasteiger partial charge in [-0.3, -0.25) is 0 Å². The Morgan fingerprint density at radius 1 is 1.29 bits per heavy atom. The number of hydrogen-bond acceptors (Lipinski definition) is 3. The quantitative estimate of drug-likeness (QED) is 0.734. The molecule has 0 unspecified atom stereocenters. The maximum atomic E-state index is 5.75. The van der Waals surface area contributed by atoms with Crippen molar-refractivity contribution in [3.05, 3.63) is 16.4 Å². The minimum absolute atomic E-state index is 0.255. The second kappa shape index (κ2) is 6.04. The third kappa shape index (κ3) is 3.68. The van der Waals surface area contributed by atoms with E-state index in [9.17, 15) is 0 Å². The van der Waals surface area contributed by atoms with Crippen LogP contribution < -0.4 is 4.74 Å². The van der Waals surface area contributed by atoms with Gasteiger partial charge in [-0.05, 0) is 6.42 Å². The van der Waals surface area contributed by atoms with Crippen molar-refractivity contribution in [3.8, 4) is 5.75 Å². The van der Waals surface area contributed by atoms with Crippen LogP contribution in [0.2, 0.25) is 10.3 Å². The molecular weight excluding hydrogens is 223 g/mol. The van der Waals surface area contributed by atoms with Gasteiger partial charge in [0.2, 0.25) is 0 Å². The highest BCUT2D eigenvalue weighted by atomic mass is 35.5. The molecule has 1 aromatic rings. The van der Waals surface area contributed by atoms with E-state index in [4.69, 9.17) is 27.9 Å². The summed E-state index contributed by atoms with van der Waals surface area (Å²) in [7, 11) is 0. The average molecular weight is 235 g/mol. The zero-order valence-corrected chi connectivity index (χ0v) is 9.48. The lowest BCUT2D eigenvalue weighted by Crippen LogP contribution is -1.99. The van der Waals surface area contributed by atoms with Crippen LogP contribution in [0.25, 0.3) is 0 Å². The van der Waals surface area contributed by atoms with Crippen LogP contribution in [0.3, 0.4) is 0 Å². The minimum Gasteiger partial charge on any atom is -0.490 e. The monoisotopic (exact) mass is 234 g/mol. The molecule has 1 rings (SSSR count). The van der Waals surface area contributed by atoms with E-state index in [0.29, 0.717) is 17.5 Å². The average Bonchev–Trinajstić information content (AvgIpc) is 2.18. The van der Waals surface area contributed by atoms with Gasteiger partial charge in [-0.25, -0.2) is 0 Å². The van der Waals surface area contributed by atoms with Crippen LogP contribution >= 0.6 is 23.2 Å². The molecule has 1 heterocycles. The van der Waals surface area contributed by atoms with Gasteiger partial charge in [-0.1, -0.05) is 43.0 Å². The topological polar surface area (TPSA) is 35.0 Å². The van der Waals surface area contributed by atoms with Crippen molar-refractivity contribution in [2.75, 3.05) is 6.61 Å². The van der Waals surface area contributed by atoms with Crippen LogP contribution in [-0.4, -0.2) is 16.8 Å². The fourth-order valence-electron chi connectivity index (χ4n) is 0.973. The Labute approximate surface area is 93.4 Å². The Bertz CT molecular complexity index is 294. The van der Waals surface area contributed by atoms with E-state index in [1.807, 2.05) is 0 Å². The van der Waals surface area contributed by atoms with Gasteiger partial charge < -0.3 is 4.74 Å². The summed E-state index contributed by atoms with van der Waals surface area (Å²) in [6.07, 6.45) is 3.31. The summed E-state index contributed by atoms with van der Waals surface area (Å²) in [5.41, 5.74) is 0. The van der Waals surface area contributed by atoms with Gasteiger partial charge in [0.15, 0.2) is 16.1 Å². The fourth-order valence-corrected chi connectivity index (χ4v) is 1.26. The van der Waals surface area contributed by atoms with E-state index in [0.717, 1.165) is 19.3 Å². The van der Waals surface area contributed by atoms with E-state index in [-0.39, 0.29) is 5.15 Å². The predicted octanol–water partition coefficient (Wildman–Crippen LogP) is 3.35. The molecule has 0 aromatic carbocycles. The minimum atomic E-state index is 0.255. The molecule has 3 nitrogen and oxygen atoms in total. The van der Waals surface area contributed by atoms with Crippen LogP contribution in [0.4, 0.5) is 0 Å². The molecular formula is C9H12Cl2N2O. The normalized spacial score (nSPS) is 10.2. The van der Waals surface area contributed by atoms with Gasteiger partial charge in [-0.15, -0.1) is 10.2 Å². The lowest BCUT2D eigenvalue weighted by Gasteiger charge is -2.06. The Hall–Kier alpha value is -0.540. The summed E-state index contributed by atoms with van der Waals surface area (Å²) < 4.78 is 5.40. The van der Waals surface area contributed by atoms with E-state index < -0.39 is 0 Å². The Balaban J connectivity index is 2.45. The largest absolute Gasteiger partial charge is 0.490 e. The molecule has 0 saturated carbocycles. The second-order valence-corrected chi connectivity index (χ2v) is 3.62. The van der Waals surface area contributed by atoms with Crippen LogP contribution in [0.5, 0.6) is 5.75 Å². The SMILES string of the molecule is CCCCCOc1cc(Cl)nnc1Cl. The van der Waals surface area contributed by atoms with Crippen molar-refractivity contribution in [2.45, 2.75) is 26.2 Å². The predicted molar refractivity (Wildman–Crippen MR) is 57.1 cm³/mol. The zero-order valence-electron chi connectivity index (χ0n) is 7.96. The first-order valence-corrected chi connectivity index (χ1v) is 5.31. The third-order valence-electron chi connectivity index (χ3n) is 1.69. The molecule has 0 atom stereocenters. The summed E-state index contributed by atoms with van der Waals surface area (Å²) in [4.78, 5) is 0. The molecule has 0 N–H and O–H groups in total. The summed E-state index contributed by atoms with van der Waals surface area (Å²) in [5, 5.41) is 7.77. The number of nitrogens with zero attached hydrogens (tertiary/aromatic N) is 2. The highest BCUT2D eigenvalue weighted by molar-refractivity contribution is 6.32. The van der Waals surface area contributed by atoms with E-state index >= 15 is 0 Å².